The van der Waals surface area contributed by atoms with Crippen molar-refractivity contribution in [3.05, 3.63) is 58.7 Å². The summed E-state index contributed by atoms with van der Waals surface area (Å²) < 4.78 is 0.720. The Morgan fingerprint density at radius 2 is 1.57 bits per heavy atom. The first-order valence-electron chi connectivity index (χ1n) is 6.78. The van der Waals surface area contributed by atoms with Gasteiger partial charge < -0.3 is 21.4 Å². The molecule has 2 aromatic carbocycles. The van der Waals surface area contributed by atoms with Gasteiger partial charge in [0.15, 0.2) is 0 Å². The molecule has 0 spiro atoms. The van der Waals surface area contributed by atoms with Crippen LogP contribution in [0, 0.1) is 0 Å². The van der Waals surface area contributed by atoms with Gasteiger partial charge in [0.05, 0.1) is 4.47 Å². The van der Waals surface area contributed by atoms with E-state index >= 15 is 0 Å². The molecular formula is C16H13BrN4O2. The number of hydrogen-bond acceptors (Lipinski definition) is 2. The van der Waals surface area contributed by atoms with Crippen molar-refractivity contribution in [2.75, 3.05) is 10.6 Å². The molecule has 6 nitrogen and oxygen atoms in total. The van der Waals surface area contributed by atoms with Gasteiger partial charge in [0.1, 0.15) is 5.69 Å². The van der Waals surface area contributed by atoms with Gasteiger partial charge >= 0.3 is 6.03 Å². The molecule has 0 radical (unpaired) electrons. The Hall–Kier alpha value is -2.80. The van der Waals surface area contributed by atoms with E-state index in [0.717, 1.165) is 15.4 Å². The van der Waals surface area contributed by atoms with E-state index in [0.29, 0.717) is 17.1 Å². The zero-order valence-electron chi connectivity index (χ0n) is 11.9. The van der Waals surface area contributed by atoms with Gasteiger partial charge in [-0.1, -0.05) is 18.2 Å². The van der Waals surface area contributed by atoms with Crippen LogP contribution in [0.1, 0.15) is 10.5 Å². The molecule has 0 saturated heterocycles. The minimum absolute atomic E-state index is 0.260. The summed E-state index contributed by atoms with van der Waals surface area (Å²) in [6.45, 7) is 0. The molecular weight excluding hydrogens is 360 g/mol. The third kappa shape index (κ3) is 3.19. The first-order valence-corrected chi connectivity index (χ1v) is 7.58. The zero-order valence-corrected chi connectivity index (χ0v) is 13.5. The Balaban J connectivity index is 1.80. The van der Waals surface area contributed by atoms with Crippen LogP contribution in [0.2, 0.25) is 0 Å². The second kappa shape index (κ2) is 6.13. The van der Waals surface area contributed by atoms with Crippen molar-refractivity contribution in [2.24, 2.45) is 5.73 Å². The fraction of sp³-hybridized carbons (Fsp3) is 0. The fourth-order valence-corrected chi connectivity index (χ4v) is 2.86. The maximum absolute atomic E-state index is 12.4. The van der Waals surface area contributed by atoms with E-state index in [4.69, 9.17) is 5.73 Å². The zero-order chi connectivity index (χ0) is 16.4. The Labute approximate surface area is 140 Å². The number of amides is 3. The van der Waals surface area contributed by atoms with Crippen molar-refractivity contribution in [3.63, 3.8) is 0 Å². The lowest BCUT2D eigenvalue weighted by atomic mass is 10.2. The largest absolute Gasteiger partial charge is 0.351 e. The van der Waals surface area contributed by atoms with E-state index in [1.807, 2.05) is 24.3 Å². The number of carbonyl (C=O) groups is 2. The highest BCUT2D eigenvalue weighted by molar-refractivity contribution is 9.10. The van der Waals surface area contributed by atoms with Crippen LogP contribution in [0.3, 0.4) is 0 Å². The highest BCUT2D eigenvalue weighted by atomic mass is 79.9. The van der Waals surface area contributed by atoms with Gasteiger partial charge in [-0.3, -0.25) is 4.79 Å². The molecule has 0 atom stereocenters. The van der Waals surface area contributed by atoms with Gasteiger partial charge in [-0.15, -0.1) is 0 Å². The number of fused-ring (bicyclic) bond motifs is 1. The number of anilines is 2. The number of H-pyrrole nitrogens is 1. The summed E-state index contributed by atoms with van der Waals surface area (Å²) in [7, 11) is 0. The number of hydrogen-bond donors (Lipinski definition) is 4. The molecule has 0 fully saturated rings. The molecule has 0 bridgehead atoms. The lowest BCUT2D eigenvalue weighted by Gasteiger charge is -2.06. The second-order valence-electron chi connectivity index (χ2n) is 4.88. The first kappa shape index (κ1) is 15.1. The predicted molar refractivity (Wildman–Crippen MR) is 93.6 cm³/mol. The highest BCUT2D eigenvalue weighted by Crippen LogP contribution is 2.28. The van der Waals surface area contributed by atoms with Crippen LogP contribution < -0.4 is 16.4 Å². The van der Waals surface area contributed by atoms with E-state index in [-0.39, 0.29) is 5.91 Å². The van der Waals surface area contributed by atoms with Crippen molar-refractivity contribution < 1.29 is 9.59 Å². The number of aromatic amines is 1. The van der Waals surface area contributed by atoms with E-state index in [9.17, 15) is 9.59 Å². The van der Waals surface area contributed by atoms with Crippen molar-refractivity contribution in [1.29, 1.82) is 0 Å². The number of rotatable bonds is 3. The van der Waals surface area contributed by atoms with Crippen LogP contribution >= 0.6 is 15.9 Å². The molecule has 1 aromatic heterocycles. The van der Waals surface area contributed by atoms with Gasteiger partial charge in [0.2, 0.25) is 0 Å². The molecule has 0 saturated carbocycles. The Kier molecular flexibility index (Phi) is 4.03. The quantitative estimate of drug-likeness (QED) is 0.563. The number of benzene rings is 2. The summed E-state index contributed by atoms with van der Waals surface area (Å²) >= 11 is 3.45. The standard InChI is InChI=1S/C16H13BrN4O2/c17-13-11-3-1-2-4-12(11)21-14(13)15(22)19-9-5-7-10(8-6-9)20-16(18)23/h1-8,21H,(H,19,22)(H3,18,20,23). The summed E-state index contributed by atoms with van der Waals surface area (Å²) in [5.74, 6) is -0.260. The second-order valence-corrected chi connectivity index (χ2v) is 5.67. The average molecular weight is 373 g/mol. The summed E-state index contributed by atoms with van der Waals surface area (Å²) in [4.78, 5) is 26.3. The summed E-state index contributed by atoms with van der Waals surface area (Å²) in [5.41, 5.74) is 7.54. The lowest BCUT2D eigenvalue weighted by molar-refractivity contribution is 0.102. The van der Waals surface area contributed by atoms with Gasteiger partial charge in [-0.05, 0) is 46.3 Å². The Bertz CT molecular complexity index is 887. The SMILES string of the molecule is NC(=O)Nc1ccc(NC(=O)c2[nH]c3ccccc3c2Br)cc1. The average Bonchev–Trinajstić information content (AvgIpc) is 2.86. The molecule has 7 heteroatoms. The molecule has 0 aliphatic rings. The van der Waals surface area contributed by atoms with E-state index < -0.39 is 6.03 Å². The number of halogens is 1. The Morgan fingerprint density at radius 3 is 2.17 bits per heavy atom. The Morgan fingerprint density at radius 1 is 0.957 bits per heavy atom. The smallest absolute Gasteiger partial charge is 0.316 e. The van der Waals surface area contributed by atoms with Crippen molar-refractivity contribution in [2.45, 2.75) is 0 Å². The maximum Gasteiger partial charge on any atom is 0.316 e. The number of carbonyl (C=O) groups excluding carboxylic acids is 2. The van der Waals surface area contributed by atoms with Crippen LogP contribution in [0.5, 0.6) is 0 Å². The molecule has 5 N–H and O–H groups in total. The predicted octanol–water partition coefficient (Wildman–Crippen LogP) is 3.67. The van der Waals surface area contributed by atoms with Crippen LogP contribution in [0.25, 0.3) is 10.9 Å². The van der Waals surface area contributed by atoms with Crippen LogP contribution in [0.15, 0.2) is 53.0 Å². The highest BCUT2D eigenvalue weighted by Gasteiger charge is 2.15. The molecule has 0 aliphatic carbocycles. The number of nitrogens with two attached hydrogens (primary N) is 1. The third-order valence-corrected chi connectivity index (χ3v) is 4.10. The molecule has 3 aromatic rings. The number of para-hydroxylation sites is 1. The van der Waals surface area contributed by atoms with Gasteiger partial charge in [0, 0.05) is 22.3 Å². The van der Waals surface area contributed by atoms with Crippen LogP contribution in [-0.2, 0) is 0 Å². The minimum Gasteiger partial charge on any atom is -0.351 e. The molecule has 3 rings (SSSR count). The molecule has 0 unspecified atom stereocenters. The minimum atomic E-state index is -0.635. The van der Waals surface area contributed by atoms with Crippen LogP contribution in [0.4, 0.5) is 16.2 Å². The van der Waals surface area contributed by atoms with E-state index in [2.05, 4.69) is 31.5 Å². The van der Waals surface area contributed by atoms with Gasteiger partial charge in [0.25, 0.3) is 5.91 Å². The van der Waals surface area contributed by atoms with E-state index in [1.54, 1.807) is 24.3 Å². The number of nitrogens with one attached hydrogen (secondary N) is 3. The van der Waals surface area contributed by atoms with Crippen LogP contribution in [-0.4, -0.2) is 16.9 Å². The third-order valence-electron chi connectivity index (χ3n) is 3.28. The number of aromatic nitrogens is 1. The van der Waals surface area contributed by atoms with E-state index in [1.165, 1.54) is 0 Å². The molecule has 23 heavy (non-hydrogen) atoms. The fourth-order valence-electron chi connectivity index (χ4n) is 2.24. The summed E-state index contributed by atoms with van der Waals surface area (Å²) in [6.07, 6.45) is 0. The molecule has 1 heterocycles. The summed E-state index contributed by atoms with van der Waals surface area (Å²) in [5, 5.41) is 6.20. The van der Waals surface area contributed by atoms with Gasteiger partial charge in [-0.25, -0.2) is 4.79 Å². The lowest BCUT2D eigenvalue weighted by Crippen LogP contribution is -2.19. The maximum atomic E-state index is 12.4. The van der Waals surface area contributed by atoms with Crippen molar-refractivity contribution >= 4 is 50.1 Å². The number of urea groups is 1. The monoisotopic (exact) mass is 372 g/mol. The van der Waals surface area contributed by atoms with Crippen molar-refractivity contribution in [1.82, 2.24) is 4.98 Å². The molecule has 0 aliphatic heterocycles. The first-order chi connectivity index (χ1) is 11.0. The molecule has 3 amide bonds. The molecule has 116 valence electrons. The van der Waals surface area contributed by atoms with Crippen molar-refractivity contribution in [3.8, 4) is 0 Å². The number of primary amides is 1. The summed E-state index contributed by atoms with van der Waals surface area (Å²) in [6, 6.07) is 13.7. The van der Waals surface area contributed by atoms with Gasteiger partial charge in [-0.2, -0.15) is 0 Å². The topological polar surface area (TPSA) is 100 Å². The normalized spacial score (nSPS) is 10.5.